The quantitative estimate of drug-likeness (QED) is 0.134. The minimum Gasteiger partial charge on any atom is -1.00 e. The number of carbonyl (C=O) groups is 2. The number of thiophene rings is 1. The third-order valence-corrected chi connectivity index (χ3v) is 7.63. The summed E-state index contributed by atoms with van der Waals surface area (Å²) in [6.45, 7) is 2.03. The lowest BCUT2D eigenvalue weighted by Gasteiger charge is -2.05. The summed E-state index contributed by atoms with van der Waals surface area (Å²) in [6, 6.07) is 21.1. The fourth-order valence-electron chi connectivity index (χ4n) is 3.49. The lowest BCUT2D eigenvalue weighted by Crippen LogP contribution is -3.00. The number of nitrogens with zero attached hydrogens (tertiary/aromatic N) is 1. The molecule has 2 aromatic carbocycles. The van der Waals surface area contributed by atoms with Crippen LogP contribution in [-0.4, -0.2) is 18.4 Å². The van der Waals surface area contributed by atoms with E-state index in [-0.39, 0.29) is 47.6 Å². The van der Waals surface area contributed by atoms with Gasteiger partial charge in [0.2, 0.25) is 11.5 Å². The molecule has 0 saturated heterocycles. The molecule has 0 saturated carbocycles. The molecule has 180 valence electrons. The first kappa shape index (κ1) is 26.8. The van der Waals surface area contributed by atoms with Crippen LogP contribution in [0.25, 0.3) is 5.69 Å². The van der Waals surface area contributed by atoms with Gasteiger partial charge in [0.25, 0.3) is 0 Å². The van der Waals surface area contributed by atoms with E-state index in [0.29, 0.717) is 21.8 Å². The van der Waals surface area contributed by atoms with Crippen molar-refractivity contribution < 1.29 is 40.3 Å². The fraction of sp³-hybridized carbons (Fsp3) is 0.148. The Balaban J connectivity index is 0.00000342. The van der Waals surface area contributed by atoms with E-state index in [1.54, 1.807) is 43.0 Å². The molecule has 0 N–H and O–H groups in total. The molecule has 0 radical (unpaired) electrons. The van der Waals surface area contributed by atoms with E-state index in [1.165, 1.54) is 23.5 Å². The van der Waals surface area contributed by atoms with Crippen molar-refractivity contribution in [2.45, 2.75) is 23.3 Å². The number of carbonyl (C=O) groups excluding carboxylic acids is 2. The maximum Gasteiger partial charge on any atom is 0.310 e. The summed E-state index contributed by atoms with van der Waals surface area (Å²) in [7, 11) is 0. The number of thioether (sulfide) groups is 1. The summed E-state index contributed by atoms with van der Waals surface area (Å²) in [5.74, 6) is -0.191. The molecule has 2 heterocycles. The van der Waals surface area contributed by atoms with Gasteiger partial charge in [-0.1, -0.05) is 48.5 Å². The highest BCUT2D eigenvalue weighted by Crippen LogP contribution is 2.39. The number of esters is 1. The van der Waals surface area contributed by atoms with Gasteiger partial charge in [-0.05, 0) is 24.6 Å². The van der Waals surface area contributed by atoms with Crippen LogP contribution in [0.1, 0.15) is 33.3 Å². The van der Waals surface area contributed by atoms with Crippen LogP contribution in [0.3, 0.4) is 0 Å². The Morgan fingerprint density at radius 3 is 2.29 bits per heavy atom. The number of aromatic nitrogens is 1. The van der Waals surface area contributed by atoms with Crippen LogP contribution in [0.2, 0.25) is 0 Å². The molecule has 0 unspecified atom stereocenters. The summed E-state index contributed by atoms with van der Waals surface area (Å²) in [6.07, 6.45) is 3.79. The van der Waals surface area contributed by atoms with Gasteiger partial charge in [0.1, 0.15) is 10.0 Å². The van der Waals surface area contributed by atoms with Crippen molar-refractivity contribution in [1.29, 1.82) is 0 Å². The van der Waals surface area contributed by atoms with Crippen molar-refractivity contribution in [1.82, 2.24) is 0 Å². The number of ether oxygens (including phenoxy) is 1. The van der Waals surface area contributed by atoms with Crippen LogP contribution in [-0.2, 0) is 21.7 Å². The van der Waals surface area contributed by atoms with Crippen LogP contribution >= 0.6 is 23.1 Å². The van der Waals surface area contributed by atoms with E-state index in [2.05, 4.69) is 0 Å². The van der Waals surface area contributed by atoms with Gasteiger partial charge in [-0.3, -0.25) is 9.59 Å². The monoisotopic (exact) mass is 571 g/mol. The van der Waals surface area contributed by atoms with Crippen LogP contribution in [0.5, 0.6) is 0 Å². The molecule has 0 spiro atoms. The van der Waals surface area contributed by atoms with E-state index in [4.69, 9.17) is 4.74 Å². The predicted octanol–water partition coefficient (Wildman–Crippen LogP) is 2.80. The lowest BCUT2D eigenvalue weighted by molar-refractivity contribution is -0.598. The average Bonchev–Trinajstić information content (AvgIpc) is 3.22. The number of ketones is 1. The second-order valence-corrected chi connectivity index (χ2v) is 9.69. The predicted molar refractivity (Wildman–Crippen MR) is 132 cm³/mol. The number of hydrogen-bond acceptors (Lipinski definition) is 5. The third-order valence-electron chi connectivity index (χ3n) is 5.07. The number of pyridine rings is 1. The summed E-state index contributed by atoms with van der Waals surface area (Å²) >= 11 is 2.94. The zero-order valence-electron chi connectivity index (χ0n) is 18.9. The lowest BCUT2D eigenvalue weighted by atomic mass is 10.0. The van der Waals surface area contributed by atoms with Crippen molar-refractivity contribution in [3.05, 3.63) is 113 Å². The molecule has 4 nitrogen and oxygen atoms in total. The minimum absolute atomic E-state index is 0. The molecule has 2 aromatic heterocycles. The van der Waals surface area contributed by atoms with Crippen LogP contribution < -0.4 is 21.5 Å². The molecule has 0 fully saturated rings. The molecule has 0 aliphatic carbocycles. The molecular weight excluding hydrogens is 549 g/mol. The normalized spacial score (nSPS) is 10.5. The van der Waals surface area contributed by atoms with Gasteiger partial charge in [0.05, 0.1) is 23.5 Å². The van der Waals surface area contributed by atoms with Crippen molar-refractivity contribution in [2.75, 3.05) is 6.61 Å². The first-order chi connectivity index (χ1) is 16.6. The van der Waals surface area contributed by atoms with Crippen molar-refractivity contribution >= 4 is 34.9 Å². The number of halogens is 2. The minimum atomic E-state index is -0.379. The SMILES string of the molecule is CCOC(=O)Cc1c(C(=O)c2ccccc2)sc(SCc2ccc(F)cc2)c1-[n+]1ccccc1.[Br-]. The van der Waals surface area contributed by atoms with Crippen molar-refractivity contribution in [2.24, 2.45) is 0 Å². The molecule has 0 aliphatic heterocycles. The molecule has 0 atom stereocenters. The molecule has 8 heteroatoms. The van der Waals surface area contributed by atoms with Crippen LogP contribution in [0.4, 0.5) is 4.39 Å². The fourth-order valence-corrected chi connectivity index (χ4v) is 6.03. The highest BCUT2D eigenvalue weighted by atomic mass is 79.9. The number of hydrogen-bond donors (Lipinski definition) is 0. The third kappa shape index (κ3) is 6.66. The highest BCUT2D eigenvalue weighted by molar-refractivity contribution is 8.00. The standard InChI is InChI=1S/C27H23FNO3S2.BrH/c1-2-32-23(30)17-22-24(29-15-7-4-8-16-29)27(33-18-19-11-13-21(28)14-12-19)34-26(22)25(31)20-9-5-3-6-10-20;/h3-16H,2,17-18H2,1H3;1H/q+1;/p-1. The molecule has 0 aliphatic rings. The van der Waals surface area contributed by atoms with E-state index in [9.17, 15) is 14.0 Å². The zero-order chi connectivity index (χ0) is 23.9. The molecule has 4 rings (SSSR count). The largest absolute Gasteiger partial charge is 1.00 e. The molecule has 0 amide bonds. The van der Waals surface area contributed by atoms with Gasteiger partial charge in [-0.15, -0.1) is 23.1 Å². The van der Waals surface area contributed by atoms with E-state index >= 15 is 0 Å². The molecular formula is C27H23BrFNO3S2. The van der Waals surface area contributed by atoms with Crippen molar-refractivity contribution in [3.8, 4) is 5.69 Å². The summed E-state index contributed by atoms with van der Waals surface area (Å²) in [5, 5.41) is 0. The number of rotatable bonds is 9. The van der Waals surface area contributed by atoms with Gasteiger partial charge in [-0.2, -0.15) is 4.57 Å². The maximum atomic E-state index is 13.5. The van der Waals surface area contributed by atoms with Gasteiger partial charge >= 0.3 is 5.97 Å². The maximum absolute atomic E-state index is 13.5. The summed E-state index contributed by atoms with van der Waals surface area (Å²) in [4.78, 5) is 26.6. The highest BCUT2D eigenvalue weighted by Gasteiger charge is 2.31. The second kappa shape index (κ2) is 12.8. The van der Waals surface area contributed by atoms with E-state index in [0.717, 1.165) is 15.5 Å². The Morgan fingerprint density at radius 1 is 0.971 bits per heavy atom. The Labute approximate surface area is 222 Å². The van der Waals surface area contributed by atoms with Gasteiger partial charge in [0, 0.05) is 23.4 Å². The van der Waals surface area contributed by atoms with Crippen molar-refractivity contribution in [3.63, 3.8) is 0 Å². The van der Waals surface area contributed by atoms with Gasteiger partial charge in [0.15, 0.2) is 12.4 Å². The van der Waals surface area contributed by atoms with Gasteiger partial charge < -0.3 is 21.7 Å². The first-order valence-electron chi connectivity index (χ1n) is 10.8. The van der Waals surface area contributed by atoms with E-state index in [1.807, 2.05) is 53.4 Å². The molecule has 0 bridgehead atoms. The Bertz CT molecular complexity index is 1280. The molecule has 4 aromatic rings. The average molecular weight is 573 g/mol. The van der Waals surface area contributed by atoms with Crippen LogP contribution in [0.15, 0.2) is 89.4 Å². The second-order valence-electron chi connectivity index (χ2n) is 7.42. The Kier molecular flexibility index (Phi) is 9.77. The van der Waals surface area contributed by atoms with Crippen LogP contribution in [0, 0.1) is 5.82 Å². The smallest absolute Gasteiger partial charge is 0.310 e. The topological polar surface area (TPSA) is 47.3 Å². The van der Waals surface area contributed by atoms with Gasteiger partial charge in [-0.25, -0.2) is 4.39 Å². The Morgan fingerprint density at radius 2 is 1.63 bits per heavy atom. The van der Waals surface area contributed by atoms with E-state index < -0.39 is 0 Å². The summed E-state index contributed by atoms with van der Waals surface area (Å²) < 4.78 is 21.4. The molecule has 35 heavy (non-hydrogen) atoms. The number of benzene rings is 2. The zero-order valence-corrected chi connectivity index (χ0v) is 22.2. The first-order valence-corrected chi connectivity index (χ1v) is 12.6. The Hall–Kier alpha value is -2.81. The summed E-state index contributed by atoms with van der Waals surface area (Å²) in [5.41, 5.74) is 2.97.